The molecule has 0 spiro atoms. The van der Waals surface area contributed by atoms with Crippen LogP contribution in [0.2, 0.25) is 0 Å². The molecule has 0 aromatic heterocycles. The Hall–Kier alpha value is -0.610. The van der Waals surface area contributed by atoms with Gasteiger partial charge in [0.25, 0.3) is 0 Å². The highest BCUT2D eigenvalue weighted by Crippen LogP contribution is 2.15. The van der Waals surface area contributed by atoms with Gasteiger partial charge < -0.3 is 15.8 Å². The van der Waals surface area contributed by atoms with E-state index in [1.165, 1.54) is 0 Å². The van der Waals surface area contributed by atoms with Gasteiger partial charge in [-0.15, -0.1) is 0 Å². The molecule has 1 amide bonds. The van der Waals surface area contributed by atoms with Crippen LogP contribution in [0, 0.1) is 5.41 Å². The van der Waals surface area contributed by atoms with E-state index in [9.17, 15) is 4.79 Å². The predicted molar refractivity (Wildman–Crippen MR) is 56.9 cm³/mol. The summed E-state index contributed by atoms with van der Waals surface area (Å²) >= 11 is 0. The topological polar surface area (TPSA) is 64.3 Å². The van der Waals surface area contributed by atoms with E-state index in [0.717, 1.165) is 0 Å². The second-order valence-corrected chi connectivity index (χ2v) is 4.86. The molecule has 3 N–H and O–H groups in total. The van der Waals surface area contributed by atoms with Crippen molar-refractivity contribution in [3.05, 3.63) is 0 Å². The van der Waals surface area contributed by atoms with Crippen LogP contribution in [0.3, 0.4) is 0 Å². The molecule has 0 fully saturated rings. The van der Waals surface area contributed by atoms with E-state index in [-0.39, 0.29) is 11.4 Å². The van der Waals surface area contributed by atoms with E-state index in [1.54, 1.807) is 7.11 Å². The largest absolute Gasteiger partial charge is 0.382 e. The highest BCUT2D eigenvalue weighted by atomic mass is 16.5. The molecule has 0 bridgehead atoms. The van der Waals surface area contributed by atoms with Gasteiger partial charge in [0.15, 0.2) is 0 Å². The molecule has 0 rings (SSSR count). The normalized spacial score (nSPS) is 12.7. The highest BCUT2D eigenvalue weighted by molar-refractivity contribution is 5.82. The van der Waals surface area contributed by atoms with E-state index >= 15 is 0 Å². The average molecular weight is 202 g/mol. The number of ether oxygens (including phenoxy) is 1. The Morgan fingerprint density at radius 3 is 2.21 bits per heavy atom. The number of hydrogen-bond acceptors (Lipinski definition) is 3. The molecule has 0 aromatic rings. The molecule has 0 unspecified atom stereocenters. The lowest BCUT2D eigenvalue weighted by Gasteiger charge is -2.30. The molecule has 0 atom stereocenters. The Bertz CT molecular complexity index is 200. The second kappa shape index (κ2) is 4.75. The highest BCUT2D eigenvalue weighted by Gasteiger charge is 2.30. The zero-order chi connectivity index (χ0) is 11.4. The maximum Gasteiger partial charge on any atom is 0.227 e. The van der Waals surface area contributed by atoms with Gasteiger partial charge in [-0.2, -0.15) is 0 Å². The minimum absolute atomic E-state index is 0.0398. The van der Waals surface area contributed by atoms with Gasteiger partial charge in [0.05, 0.1) is 17.6 Å². The first-order valence-electron chi connectivity index (χ1n) is 4.77. The third-order valence-electron chi connectivity index (χ3n) is 2.08. The first kappa shape index (κ1) is 13.4. The number of carbonyl (C=O) groups is 1. The van der Waals surface area contributed by atoms with Crippen molar-refractivity contribution in [1.29, 1.82) is 0 Å². The summed E-state index contributed by atoms with van der Waals surface area (Å²) in [6, 6.07) is 0. The Balaban J connectivity index is 4.31. The number of rotatable bonds is 5. The smallest absolute Gasteiger partial charge is 0.227 e. The van der Waals surface area contributed by atoms with Gasteiger partial charge in [0, 0.05) is 13.7 Å². The van der Waals surface area contributed by atoms with Crippen LogP contribution in [0.15, 0.2) is 0 Å². The molecule has 4 heteroatoms. The summed E-state index contributed by atoms with van der Waals surface area (Å²) in [5.74, 6) is -0.0398. The first-order chi connectivity index (χ1) is 6.25. The van der Waals surface area contributed by atoms with Crippen molar-refractivity contribution >= 4 is 5.91 Å². The van der Waals surface area contributed by atoms with Crippen LogP contribution in [-0.4, -0.2) is 31.7 Å². The fourth-order valence-corrected chi connectivity index (χ4v) is 0.966. The zero-order valence-electron chi connectivity index (χ0n) is 9.81. The summed E-state index contributed by atoms with van der Waals surface area (Å²) in [6.45, 7) is 8.31. The summed E-state index contributed by atoms with van der Waals surface area (Å²) in [7, 11) is 1.61. The van der Waals surface area contributed by atoms with Gasteiger partial charge in [-0.05, 0) is 27.7 Å². The number of methoxy groups -OCH3 is 1. The fraction of sp³-hybridized carbons (Fsp3) is 0.900. The summed E-state index contributed by atoms with van der Waals surface area (Å²) in [5, 5.41) is 2.90. The van der Waals surface area contributed by atoms with Crippen LogP contribution < -0.4 is 11.1 Å². The van der Waals surface area contributed by atoms with Crippen molar-refractivity contribution in [1.82, 2.24) is 5.32 Å². The lowest BCUT2D eigenvalue weighted by molar-refractivity contribution is -0.131. The number of hydrogen-bond donors (Lipinski definition) is 2. The molecule has 14 heavy (non-hydrogen) atoms. The molecule has 0 heterocycles. The number of amides is 1. The van der Waals surface area contributed by atoms with Gasteiger partial charge >= 0.3 is 0 Å². The van der Waals surface area contributed by atoms with Gasteiger partial charge in [-0.3, -0.25) is 4.79 Å². The Kier molecular flexibility index (Phi) is 4.55. The summed E-state index contributed by atoms with van der Waals surface area (Å²) in [6.07, 6.45) is 0. The van der Waals surface area contributed by atoms with Crippen molar-refractivity contribution in [2.75, 3.05) is 20.3 Å². The van der Waals surface area contributed by atoms with E-state index in [4.69, 9.17) is 10.5 Å². The number of carbonyl (C=O) groups excluding carboxylic acids is 1. The Morgan fingerprint density at radius 1 is 1.36 bits per heavy atom. The summed E-state index contributed by atoms with van der Waals surface area (Å²) in [4.78, 5) is 11.7. The molecule has 4 nitrogen and oxygen atoms in total. The lowest BCUT2D eigenvalue weighted by atomic mass is 9.91. The molecule has 0 aliphatic rings. The van der Waals surface area contributed by atoms with Crippen molar-refractivity contribution < 1.29 is 9.53 Å². The van der Waals surface area contributed by atoms with Gasteiger partial charge in [0.1, 0.15) is 0 Å². The minimum Gasteiger partial charge on any atom is -0.382 e. The van der Waals surface area contributed by atoms with Gasteiger partial charge in [-0.1, -0.05) is 0 Å². The van der Waals surface area contributed by atoms with Crippen LogP contribution in [0.1, 0.15) is 27.7 Å². The molecule has 84 valence electrons. The Labute approximate surface area is 86.2 Å². The number of nitrogens with two attached hydrogens (primary N) is 1. The standard InChI is InChI=1S/C10H22N2O2/c1-9(2,6-11)8(13)12-10(3,4)7-14-5/h6-7,11H2,1-5H3,(H,12,13). The molecule has 0 saturated heterocycles. The van der Waals surface area contributed by atoms with Crippen LogP contribution in [0.5, 0.6) is 0 Å². The lowest BCUT2D eigenvalue weighted by Crippen LogP contribution is -2.53. The fourth-order valence-electron chi connectivity index (χ4n) is 0.966. The maximum absolute atomic E-state index is 11.7. The average Bonchev–Trinajstić information content (AvgIpc) is 2.03. The quantitative estimate of drug-likeness (QED) is 0.683. The summed E-state index contributed by atoms with van der Waals surface area (Å²) < 4.78 is 5.01. The van der Waals surface area contributed by atoms with Crippen molar-refractivity contribution in [3.8, 4) is 0 Å². The van der Waals surface area contributed by atoms with E-state index in [2.05, 4.69) is 5.32 Å². The van der Waals surface area contributed by atoms with Gasteiger partial charge in [-0.25, -0.2) is 0 Å². The number of nitrogens with one attached hydrogen (secondary N) is 1. The Morgan fingerprint density at radius 2 is 1.86 bits per heavy atom. The van der Waals surface area contributed by atoms with Gasteiger partial charge in [0.2, 0.25) is 5.91 Å². The van der Waals surface area contributed by atoms with E-state index in [0.29, 0.717) is 13.2 Å². The molecule has 0 aromatic carbocycles. The van der Waals surface area contributed by atoms with Crippen LogP contribution >= 0.6 is 0 Å². The monoisotopic (exact) mass is 202 g/mol. The molecule has 0 saturated carbocycles. The molecular weight excluding hydrogens is 180 g/mol. The molecule has 0 aliphatic heterocycles. The van der Waals surface area contributed by atoms with Crippen LogP contribution in [0.4, 0.5) is 0 Å². The van der Waals surface area contributed by atoms with E-state index in [1.807, 2.05) is 27.7 Å². The summed E-state index contributed by atoms with van der Waals surface area (Å²) in [5.41, 5.74) is 4.64. The zero-order valence-corrected chi connectivity index (χ0v) is 9.81. The first-order valence-corrected chi connectivity index (χ1v) is 4.77. The van der Waals surface area contributed by atoms with Crippen molar-refractivity contribution in [2.45, 2.75) is 33.2 Å². The molecule has 0 radical (unpaired) electrons. The van der Waals surface area contributed by atoms with E-state index < -0.39 is 5.41 Å². The second-order valence-electron chi connectivity index (χ2n) is 4.86. The molecule has 0 aliphatic carbocycles. The SMILES string of the molecule is COCC(C)(C)NC(=O)C(C)(C)CN. The third kappa shape index (κ3) is 4.07. The predicted octanol–water partition coefficient (Wildman–Crippen LogP) is 0.513. The maximum atomic E-state index is 11.7. The minimum atomic E-state index is -0.523. The van der Waals surface area contributed by atoms with Crippen molar-refractivity contribution in [3.63, 3.8) is 0 Å². The van der Waals surface area contributed by atoms with Crippen molar-refractivity contribution in [2.24, 2.45) is 11.1 Å². The van der Waals surface area contributed by atoms with Crippen LogP contribution in [-0.2, 0) is 9.53 Å². The third-order valence-corrected chi connectivity index (χ3v) is 2.08. The molecular formula is C10H22N2O2. The van der Waals surface area contributed by atoms with Crippen LogP contribution in [0.25, 0.3) is 0 Å².